The minimum absolute atomic E-state index is 0.179. The van der Waals surface area contributed by atoms with Crippen molar-refractivity contribution < 1.29 is 19.7 Å². The van der Waals surface area contributed by atoms with E-state index in [-0.39, 0.29) is 6.10 Å². The summed E-state index contributed by atoms with van der Waals surface area (Å²) in [5.74, 6) is -0.563. The van der Waals surface area contributed by atoms with E-state index >= 15 is 0 Å². The van der Waals surface area contributed by atoms with E-state index in [2.05, 4.69) is 6.92 Å². The second kappa shape index (κ2) is 13.8. The Kier molecular flexibility index (Phi) is 13.4. The molecule has 0 aromatic carbocycles. The van der Waals surface area contributed by atoms with Gasteiger partial charge >= 0.3 is 5.97 Å². The van der Waals surface area contributed by atoms with E-state index in [0.29, 0.717) is 6.61 Å². The Balaban J connectivity index is 3.20. The van der Waals surface area contributed by atoms with E-state index in [1.807, 2.05) is 0 Å². The number of unbranched alkanes of at least 4 members (excludes halogenated alkanes) is 6. The number of carbonyl (C=O) groups is 1. The van der Waals surface area contributed by atoms with Crippen molar-refractivity contribution in [1.82, 2.24) is 0 Å². The third-order valence-electron chi connectivity index (χ3n) is 3.21. The molecular weight excluding hydrogens is 244 g/mol. The first-order valence-corrected chi connectivity index (χ1v) is 7.65. The largest absolute Gasteiger partial charge is 0.464 e. The number of aliphatic hydroxyl groups excluding tert-OH is 2. The van der Waals surface area contributed by atoms with Gasteiger partial charge in [-0.2, -0.15) is 0 Å². The van der Waals surface area contributed by atoms with E-state index in [0.717, 1.165) is 38.5 Å². The van der Waals surface area contributed by atoms with Gasteiger partial charge < -0.3 is 14.9 Å². The summed E-state index contributed by atoms with van der Waals surface area (Å²) >= 11 is 0. The summed E-state index contributed by atoms with van der Waals surface area (Å²) < 4.78 is 4.75. The van der Waals surface area contributed by atoms with Crippen molar-refractivity contribution in [2.45, 2.75) is 77.2 Å². The Labute approximate surface area is 117 Å². The quantitative estimate of drug-likeness (QED) is 0.400. The minimum Gasteiger partial charge on any atom is -0.464 e. The van der Waals surface area contributed by atoms with Crippen molar-refractivity contribution >= 4 is 5.97 Å². The molecule has 0 aliphatic rings. The minimum atomic E-state index is -0.563. The number of rotatable bonds is 13. The number of ether oxygens (including phenoxy) is 1. The van der Waals surface area contributed by atoms with Crippen molar-refractivity contribution in [3.63, 3.8) is 0 Å². The maximum atomic E-state index is 10.6. The van der Waals surface area contributed by atoms with Gasteiger partial charge in [0, 0.05) is 0 Å². The molecule has 0 bridgehead atoms. The maximum absolute atomic E-state index is 10.6. The van der Waals surface area contributed by atoms with Gasteiger partial charge in [-0.05, 0) is 25.7 Å². The van der Waals surface area contributed by atoms with Crippen LogP contribution in [0.5, 0.6) is 0 Å². The average Bonchev–Trinajstić information content (AvgIpc) is 2.42. The average molecular weight is 274 g/mol. The standard InChI is InChI=1S/C15H30O4/c1-2-3-4-5-7-10-14(17)11-8-6-9-12-19-15(18)13-16/h14,16-17H,2-13H2,1H3. The molecule has 0 saturated heterocycles. The number of aliphatic hydroxyl groups is 2. The predicted octanol–water partition coefficient (Wildman–Crippen LogP) is 2.80. The second-order valence-electron chi connectivity index (χ2n) is 5.08. The van der Waals surface area contributed by atoms with Gasteiger partial charge in [0.2, 0.25) is 0 Å². The molecule has 0 aromatic rings. The van der Waals surface area contributed by atoms with Gasteiger partial charge in [0.1, 0.15) is 6.61 Å². The number of carbonyl (C=O) groups excluding carboxylic acids is 1. The van der Waals surface area contributed by atoms with E-state index < -0.39 is 12.6 Å². The maximum Gasteiger partial charge on any atom is 0.331 e. The van der Waals surface area contributed by atoms with Crippen LogP contribution in [0, 0.1) is 0 Å². The highest BCUT2D eigenvalue weighted by Gasteiger charge is 2.04. The molecule has 0 fully saturated rings. The first-order chi connectivity index (χ1) is 9.20. The lowest BCUT2D eigenvalue weighted by Gasteiger charge is -2.10. The molecule has 0 saturated carbocycles. The monoisotopic (exact) mass is 274 g/mol. The van der Waals surface area contributed by atoms with Crippen LogP contribution in [0.1, 0.15) is 71.1 Å². The molecular formula is C15H30O4. The van der Waals surface area contributed by atoms with Crippen LogP contribution < -0.4 is 0 Å². The van der Waals surface area contributed by atoms with E-state index in [9.17, 15) is 9.90 Å². The lowest BCUT2D eigenvalue weighted by molar-refractivity contribution is -0.147. The van der Waals surface area contributed by atoms with Crippen LogP contribution in [0.15, 0.2) is 0 Å². The fourth-order valence-electron chi connectivity index (χ4n) is 2.02. The second-order valence-corrected chi connectivity index (χ2v) is 5.08. The van der Waals surface area contributed by atoms with Gasteiger partial charge in [0.15, 0.2) is 0 Å². The zero-order chi connectivity index (χ0) is 14.3. The summed E-state index contributed by atoms with van der Waals surface area (Å²) in [6.07, 6.45) is 10.4. The highest BCUT2D eigenvalue weighted by atomic mass is 16.5. The molecule has 0 aliphatic heterocycles. The van der Waals surface area contributed by atoms with Crippen LogP contribution in [0.4, 0.5) is 0 Å². The summed E-state index contributed by atoms with van der Waals surface area (Å²) in [5, 5.41) is 18.2. The van der Waals surface area contributed by atoms with Crippen molar-refractivity contribution in [3.05, 3.63) is 0 Å². The summed E-state index contributed by atoms with van der Waals surface area (Å²) in [6.45, 7) is 2.02. The topological polar surface area (TPSA) is 66.8 Å². The van der Waals surface area contributed by atoms with Gasteiger partial charge in [0.05, 0.1) is 12.7 Å². The first kappa shape index (κ1) is 18.4. The SMILES string of the molecule is CCCCCCCC(O)CCCCCOC(=O)CO. The predicted molar refractivity (Wildman–Crippen MR) is 75.9 cm³/mol. The normalized spacial score (nSPS) is 12.4. The number of esters is 1. The van der Waals surface area contributed by atoms with Crippen LogP contribution in [0.2, 0.25) is 0 Å². The molecule has 0 heterocycles. The molecule has 4 heteroatoms. The summed E-state index contributed by atoms with van der Waals surface area (Å²) in [5.41, 5.74) is 0. The fraction of sp³-hybridized carbons (Fsp3) is 0.933. The molecule has 0 rings (SSSR count). The molecule has 19 heavy (non-hydrogen) atoms. The number of hydrogen-bond donors (Lipinski definition) is 2. The van der Waals surface area contributed by atoms with Crippen molar-refractivity contribution in [3.8, 4) is 0 Å². The Hall–Kier alpha value is -0.610. The third kappa shape index (κ3) is 13.6. The Morgan fingerprint density at radius 3 is 2.16 bits per heavy atom. The van der Waals surface area contributed by atoms with Gasteiger partial charge in [-0.15, -0.1) is 0 Å². The van der Waals surface area contributed by atoms with Crippen molar-refractivity contribution in [2.75, 3.05) is 13.2 Å². The van der Waals surface area contributed by atoms with Crippen molar-refractivity contribution in [2.24, 2.45) is 0 Å². The lowest BCUT2D eigenvalue weighted by atomic mass is 10.0. The molecule has 0 aliphatic carbocycles. The summed E-state index contributed by atoms with van der Waals surface area (Å²) in [7, 11) is 0. The molecule has 0 aromatic heterocycles. The van der Waals surface area contributed by atoms with Crippen LogP contribution in [0.25, 0.3) is 0 Å². The molecule has 2 N–H and O–H groups in total. The zero-order valence-electron chi connectivity index (χ0n) is 12.3. The van der Waals surface area contributed by atoms with Crippen LogP contribution in [0.3, 0.4) is 0 Å². The summed E-state index contributed by atoms with van der Waals surface area (Å²) in [4.78, 5) is 10.6. The van der Waals surface area contributed by atoms with Crippen LogP contribution in [-0.2, 0) is 9.53 Å². The van der Waals surface area contributed by atoms with Gasteiger partial charge in [-0.1, -0.05) is 45.4 Å². The highest BCUT2D eigenvalue weighted by molar-refractivity contribution is 5.70. The third-order valence-corrected chi connectivity index (χ3v) is 3.21. The first-order valence-electron chi connectivity index (χ1n) is 7.65. The van der Waals surface area contributed by atoms with E-state index in [1.54, 1.807) is 0 Å². The summed E-state index contributed by atoms with van der Waals surface area (Å²) in [6, 6.07) is 0. The molecule has 0 amide bonds. The van der Waals surface area contributed by atoms with E-state index in [4.69, 9.17) is 9.84 Å². The van der Waals surface area contributed by atoms with Crippen LogP contribution >= 0.6 is 0 Å². The Bertz CT molecular complexity index is 206. The van der Waals surface area contributed by atoms with Crippen molar-refractivity contribution in [1.29, 1.82) is 0 Å². The Morgan fingerprint density at radius 1 is 1.00 bits per heavy atom. The molecule has 0 radical (unpaired) electrons. The fourth-order valence-corrected chi connectivity index (χ4v) is 2.02. The number of hydrogen-bond acceptors (Lipinski definition) is 4. The Morgan fingerprint density at radius 2 is 1.58 bits per heavy atom. The highest BCUT2D eigenvalue weighted by Crippen LogP contribution is 2.12. The molecule has 1 atom stereocenters. The lowest BCUT2D eigenvalue weighted by Crippen LogP contribution is -2.10. The smallest absolute Gasteiger partial charge is 0.331 e. The van der Waals surface area contributed by atoms with E-state index in [1.165, 1.54) is 25.7 Å². The molecule has 114 valence electrons. The van der Waals surface area contributed by atoms with Crippen LogP contribution in [-0.4, -0.2) is 35.5 Å². The van der Waals surface area contributed by atoms with Gasteiger partial charge in [-0.25, -0.2) is 4.79 Å². The molecule has 0 spiro atoms. The molecule has 1 unspecified atom stereocenters. The van der Waals surface area contributed by atoms with Gasteiger partial charge in [-0.3, -0.25) is 0 Å². The van der Waals surface area contributed by atoms with Gasteiger partial charge in [0.25, 0.3) is 0 Å². The zero-order valence-corrected chi connectivity index (χ0v) is 12.3. The molecule has 4 nitrogen and oxygen atoms in total.